The molecule has 0 unspecified atom stereocenters. The second-order valence-electron chi connectivity index (χ2n) is 3.69. The Hall–Kier alpha value is -2.50. The van der Waals surface area contributed by atoms with Gasteiger partial charge in [-0.1, -0.05) is 0 Å². The van der Waals surface area contributed by atoms with Crippen LogP contribution in [0.2, 0.25) is 0 Å². The molecule has 0 aliphatic heterocycles. The van der Waals surface area contributed by atoms with Crippen molar-refractivity contribution >= 4 is 17.6 Å². The number of carbonyl (C=O) groups is 2. The average molecular weight is 265 g/mol. The lowest BCUT2D eigenvalue weighted by Crippen LogP contribution is -2.13. The van der Waals surface area contributed by atoms with Crippen molar-refractivity contribution in [1.82, 2.24) is 0 Å². The van der Waals surface area contributed by atoms with Gasteiger partial charge in [-0.05, 0) is 19.1 Å². The van der Waals surface area contributed by atoms with Crippen molar-refractivity contribution in [2.45, 2.75) is 6.92 Å². The van der Waals surface area contributed by atoms with Crippen molar-refractivity contribution in [1.29, 1.82) is 0 Å². The van der Waals surface area contributed by atoms with Crippen LogP contribution in [-0.4, -0.2) is 31.2 Å². The number of rotatable bonds is 5. The summed E-state index contributed by atoms with van der Waals surface area (Å²) in [6.07, 6.45) is 0.843. The fourth-order valence-electron chi connectivity index (χ4n) is 1.39. The third-order valence-corrected chi connectivity index (χ3v) is 2.34. The number of carboxylic acid groups (broad SMARTS) is 1. The highest BCUT2D eigenvalue weighted by Crippen LogP contribution is 2.29. The summed E-state index contributed by atoms with van der Waals surface area (Å²) < 4.78 is 10.2. The summed E-state index contributed by atoms with van der Waals surface area (Å²) in [6, 6.07) is 4.86. The first-order valence-electron chi connectivity index (χ1n) is 5.42. The number of hydrogen-bond donors (Lipinski definition) is 2. The van der Waals surface area contributed by atoms with Crippen LogP contribution in [0, 0.1) is 0 Å². The summed E-state index contributed by atoms with van der Waals surface area (Å²) in [5, 5.41) is 11.1. The minimum atomic E-state index is -1.17. The lowest BCUT2D eigenvalue weighted by atomic mass is 10.2. The molecule has 0 aromatic heterocycles. The normalized spacial score (nSPS) is 10.8. The third-order valence-electron chi connectivity index (χ3n) is 2.34. The summed E-state index contributed by atoms with van der Waals surface area (Å²) in [7, 11) is 2.99. The van der Waals surface area contributed by atoms with E-state index in [9.17, 15) is 9.59 Å². The van der Waals surface area contributed by atoms with E-state index in [1.807, 2.05) is 0 Å². The van der Waals surface area contributed by atoms with Crippen LogP contribution in [0.4, 0.5) is 5.69 Å². The lowest BCUT2D eigenvalue weighted by Gasteiger charge is -2.10. The van der Waals surface area contributed by atoms with Crippen molar-refractivity contribution in [2.75, 3.05) is 19.5 Å². The Morgan fingerprint density at radius 1 is 1.21 bits per heavy atom. The van der Waals surface area contributed by atoms with Gasteiger partial charge in [-0.2, -0.15) is 0 Å². The standard InChI is InChI=1S/C13H15NO5/c1-8(6-12(15)16)13(17)14-9-4-5-10(18-2)11(7-9)19-3/h4-7H,1-3H3,(H,14,17)(H,15,16)/b8-6-. The molecule has 1 amide bonds. The van der Waals surface area contributed by atoms with Gasteiger partial charge < -0.3 is 19.9 Å². The van der Waals surface area contributed by atoms with Crippen LogP contribution in [0.25, 0.3) is 0 Å². The second-order valence-corrected chi connectivity index (χ2v) is 3.69. The van der Waals surface area contributed by atoms with E-state index in [1.54, 1.807) is 18.2 Å². The Morgan fingerprint density at radius 3 is 2.37 bits per heavy atom. The zero-order valence-corrected chi connectivity index (χ0v) is 10.9. The zero-order chi connectivity index (χ0) is 14.4. The SMILES string of the molecule is COc1ccc(NC(=O)/C(C)=C\C(=O)O)cc1OC. The van der Waals surface area contributed by atoms with E-state index in [-0.39, 0.29) is 5.57 Å². The minimum Gasteiger partial charge on any atom is -0.493 e. The molecule has 0 aliphatic rings. The molecule has 0 aliphatic carbocycles. The molecular weight excluding hydrogens is 250 g/mol. The topological polar surface area (TPSA) is 84.9 Å². The smallest absolute Gasteiger partial charge is 0.328 e. The fourth-order valence-corrected chi connectivity index (χ4v) is 1.39. The molecule has 1 rings (SSSR count). The number of carboxylic acids is 1. The van der Waals surface area contributed by atoms with Crippen LogP contribution in [-0.2, 0) is 9.59 Å². The summed E-state index contributed by atoms with van der Waals surface area (Å²) in [5.74, 6) is -0.645. The van der Waals surface area contributed by atoms with Crippen molar-refractivity contribution in [3.8, 4) is 11.5 Å². The number of amides is 1. The molecule has 0 radical (unpaired) electrons. The van der Waals surface area contributed by atoms with Crippen LogP contribution < -0.4 is 14.8 Å². The van der Waals surface area contributed by atoms with Crippen molar-refractivity contribution in [2.24, 2.45) is 0 Å². The highest BCUT2D eigenvalue weighted by Gasteiger charge is 2.09. The monoisotopic (exact) mass is 265 g/mol. The van der Waals surface area contributed by atoms with Crippen molar-refractivity contribution < 1.29 is 24.2 Å². The van der Waals surface area contributed by atoms with E-state index in [2.05, 4.69) is 5.32 Å². The Kier molecular flexibility index (Phi) is 4.93. The first-order chi connectivity index (χ1) is 8.97. The van der Waals surface area contributed by atoms with Gasteiger partial charge in [0, 0.05) is 23.4 Å². The van der Waals surface area contributed by atoms with Gasteiger partial charge in [0.1, 0.15) is 0 Å². The van der Waals surface area contributed by atoms with Gasteiger partial charge >= 0.3 is 5.97 Å². The molecule has 0 spiro atoms. The predicted octanol–water partition coefficient (Wildman–Crippen LogP) is 1.67. The van der Waals surface area contributed by atoms with E-state index in [0.29, 0.717) is 17.2 Å². The minimum absolute atomic E-state index is 0.0993. The summed E-state index contributed by atoms with van der Waals surface area (Å²) in [4.78, 5) is 22.1. The highest BCUT2D eigenvalue weighted by molar-refractivity contribution is 6.06. The Labute approximate surface area is 110 Å². The number of methoxy groups -OCH3 is 2. The van der Waals surface area contributed by atoms with Gasteiger partial charge in [0.25, 0.3) is 5.91 Å². The van der Waals surface area contributed by atoms with Gasteiger partial charge in [0.15, 0.2) is 11.5 Å². The molecule has 0 saturated carbocycles. The highest BCUT2D eigenvalue weighted by atomic mass is 16.5. The van der Waals surface area contributed by atoms with Gasteiger partial charge in [0.2, 0.25) is 0 Å². The molecule has 0 atom stereocenters. The number of ether oxygens (including phenoxy) is 2. The maximum atomic E-state index is 11.7. The van der Waals surface area contributed by atoms with Gasteiger partial charge in [0.05, 0.1) is 14.2 Å². The van der Waals surface area contributed by atoms with Crippen LogP contribution in [0.1, 0.15) is 6.92 Å². The molecule has 0 heterocycles. The molecule has 2 N–H and O–H groups in total. The first kappa shape index (κ1) is 14.6. The maximum absolute atomic E-state index is 11.7. The van der Waals surface area contributed by atoms with Crippen molar-refractivity contribution in [3.63, 3.8) is 0 Å². The van der Waals surface area contributed by atoms with Gasteiger partial charge in [-0.25, -0.2) is 4.79 Å². The van der Waals surface area contributed by atoms with Crippen molar-refractivity contribution in [3.05, 3.63) is 29.8 Å². The van der Waals surface area contributed by atoms with E-state index in [4.69, 9.17) is 14.6 Å². The van der Waals surface area contributed by atoms with E-state index >= 15 is 0 Å². The number of anilines is 1. The molecule has 0 fully saturated rings. The Bertz CT molecular complexity index is 522. The number of nitrogens with one attached hydrogen (secondary N) is 1. The van der Waals surface area contributed by atoms with Crippen LogP contribution in [0.3, 0.4) is 0 Å². The van der Waals surface area contributed by atoms with E-state index < -0.39 is 11.9 Å². The van der Waals surface area contributed by atoms with Gasteiger partial charge in [-0.15, -0.1) is 0 Å². The molecule has 6 heteroatoms. The third kappa shape index (κ3) is 4.02. The number of hydrogen-bond acceptors (Lipinski definition) is 4. The summed E-state index contributed by atoms with van der Waals surface area (Å²) >= 11 is 0. The molecule has 6 nitrogen and oxygen atoms in total. The molecule has 0 saturated heterocycles. The maximum Gasteiger partial charge on any atom is 0.328 e. The first-order valence-corrected chi connectivity index (χ1v) is 5.42. The number of benzene rings is 1. The quantitative estimate of drug-likeness (QED) is 0.791. The lowest BCUT2D eigenvalue weighted by molar-refractivity contribution is -0.131. The molecular formula is C13H15NO5. The van der Waals surface area contributed by atoms with Gasteiger partial charge in [-0.3, -0.25) is 4.79 Å². The van der Waals surface area contributed by atoms with E-state index in [0.717, 1.165) is 6.08 Å². The molecule has 19 heavy (non-hydrogen) atoms. The molecule has 0 bridgehead atoms. The van der Waals surface area contributed by atoms with Crippen LogP contribution in [0.5, 0.6) is 11.5 Å². The zero-order valence-electron chi connectivity index (χ0n) is 10.9. The average Bonchev–Trinajstić information content (AvgIpc) is 2.37. The molecule has 102 valence electrons. The number of aliphatic carboxylic acids is 1. The summed E-state index contributed by atoms with van der Waals surface area (Å²) in [6.45, 7) is 1.42. The summed E-state index contributed by atoms with van der Waals surface area (Å²) in [5.41, 5.74) is 0.586. The molecule has 1 aromatic carbocycles. The largest absolute Gasteiger partial charge is 0.493 e. The second kappa shape index (κ2) is 6.44. The number of carbonyl (C=O) groups excluding carboxylic acids is 1. The fraction of sp³-hybridized carbons (Fsp3) is 0.231. The van der Waals surface area contributed by atoms with Crippen LogP contribution >= 0.6 is 0 Å². The van der Waals surface area contributed by atoms with E-state index in [1.165, 1.54) is 21.1 Å². The van der Waals surface area contributed by atoms with Crippen LogP contribution in [0.15, 0.2) is 29.8 Å². The molecule has 1 aromatic rings. The Morgan fingerprint density at radius 2 is 1.84 bits per heavy atom. The Balaban J connectivity index is 2.89. The predicted molar refractivity (Wildman–Crippen MR) is 69.6 cm³/mol.